The molecule has 1 saturated carbocycles. The minimum absolute atomic E-state index is 0.0218. The highest BCUT2D eigenvalue weighted by atomic mass is 35.5. The molecule has 1 aliphatic heterocycles. The normalized spacial score (nSPS) is 15.5. The predicted octanol–water partition coefficient (Wildman–Crippen LogP) is 6.20. The third-order valence-electron chi connectivity index (χ3n) is 7.68. The van der Waals surface area contributed by atoms with Crippen LogP contribution in [0.1, 0.15) is 36.7 Å². The minimum Gasteiger partial charge on any atom is -0.362 e. The molecule has 1 aromatic heterocycles. The summed E-state index contributed by atoms with van der Waals surface area (Å²) in [4.78, 5) is 19.5. The van der Waals surface area contributed by atoms with Crippen molar-refractivity contribution >= 4 is 50.3 Å². The first-order valence-electron chi connectivity index (χ1n) is 13.2. The molecule has 0 bridgehead atoms. The zero-order valence-corrected chi connectivity index (χ0v) is 24.6. The Hall–Kier alpha value is -3.54. The summed E-state index contributed by atoms with van der Waals surface area (Å²) >= 11 is 13.3. The second-order valence-corrected chi connectivity index (χ2v) is 13.5. The van der Waals surface area contributed by atoms with Crippen molar-refractivity contribution in [2.75, 3.05) is 29.1 Å². The molecule has 1 aliphatic carbocycles. The molecule has 0 spiro atoms. The van der Waals surface area contributed by atoms with Crippen molar-refractivity contribution in [3.63, 3.8) is 0 Å². The van der Waals surface area contributed by atoms with Gasteiger partial charge >= 0.3 is 0 Å². The van der Waals surface area contributed by atoms with Gasteiger partial charge in [0, 0.05) is 33.5 Å². The maximum absolute atomic E-state index is 14.3. The van der Waals surface area contributed by atoms with E-state index in [1.165, 1.54) is 0 Å². The summed E-state index contributed by atoms with van der Waals surface area (Å²) < 4.78 is 57.7. The smallest absolute Gasteiger partial charge is 0.261 e. The third-order valence-corrected chi connectivity index (χ3v) is 10.0. The van der Waals surface area contributed by atoms with Gasteiger partial charge in [0.2, 0.25) is 5.91 Å². The van der Waals surface area contributed by atoms with E-state index >= 15 is 0 Å². The van der Waals surface area contributed by atoms with Crippen LogP contribution in [0.3, 0.4) is 0 Å². The molecular weight excluding hydrogens is 609 g/mol. The SMILES string of the molecule is CCS(=O)(=O)c1ccc2c(c1)CCN2CC(=O)Nc1cc(Cl)c(C2(c3noc(-c4cc(F)ccc4F)n3)CC2)c(Cl)c1. The van der Waals surface area contributed by atoms with Crippen molar-refractivity contribution in [2.45, 2.75) is 36.5 Å². The summed E-state index contributed by atoms with van der Waals surface area (Å²) in [6.45, 7) is 2.23. The maximum atomic E-state index is 14.3. The first-order chi connectivity index (χ1) is 20.0. The van der Waals surface area contributed by atoms with E-state index in [1.54, 1.807) is 37.3 Å². The lowest BCUT2D eigenvalue weighted by Gasteiger charge is -2.20. The van der Waals surface area contributed by atoms with Gasteiger partial charge in [-0.15, -0.1) is 0 Å². The fourth-order valence-electron chi connectivity index (χ4n) is 5.35. The Morgan fingerprint density at radius 2 is 1.83 bits per heavy atom. The van der Waals surface area contributed by atoms with Crippen LogP contribution in [0.25, 0.3) is 11.5 Å². The number of amides is 1. The molecule has 2 aliphatic rings. The topological polar surface area (TPSA) is 105 Å². The van der Waals surface area contributed by atoms with E-state index in [2.05, 4.69) is 15.5 Å². The largest absolute Gasteiger partial charge is 0.362 e. The van der Waals surface area contributed by atoms with Gasteiger partial charge in [-0.3, -0.25) is 4.79 Å². The van der Waals surface area contributed by atoms with Crippen LogP contribution in [0.15, 0.2) is 57.9 Å². The lowest BCUT2D eigenvalue weighted by Crippen LogP contribution is -2.31. The number of halogens is 4. The van der Waals surface area contributed by atoms with Crippen molar-refractivity contribution in [1.29, 1.82) is 0 Å². The highest BCUT2D eigenvalue weighted by Gasteiger charge is 2.52. The lowest BCUT2D eigenvalue weighted by atomic mass is 9.94. The van der Waals surface area contributed by atoms with E-state index in [1.807, 2.05) is 4.90 Å². The van der Waals surface area contributed by atoms with Crippen LogP contribution in [0.4, 0.5) is 20.2 Å². The van der Waals surface area contributed by atoms with Crippen molar-refractivity contribution in [3.8, 4) is 11.5 Å². The first kappa shape index (κ1) is 28.6. The third kappa shape index (κ3) is 5.14. The second-order valence-electron chi connectivity index (χ2n) is 10.4. The van der Waals surface area contributed by atoms with Crippen LogP contribution in [0.5, 0.6) is 0 Å². The molecule has 0 unspecified atom stereocenters. The zero-order chi connectivity index (χ0) is 29.8. The van der Waals surface area contributed by atoms with E-state index < -0.39 is 26.9 Å². The van der Waals surface area contributed by atoms with E-state index in [0.717, 1.165) is 29.4 Å². The van der Waals surface area contributed by atoms with Crippen LogP contribution >= 0.6 is 23.2 Å². The number of carbonyl (C=O) groups excluding carboxylic acids is 1. The van der Waals surface area contributed by atoms with Crippen LogP contribution in [-0.2, 0) is 26.5 Å². The maximum Gasteiger partial charge on any atom is 0.261 e. The van der Waals surface area contributed by atoms with Crippen molar-refractivity contribution < 1.29 is 26.5 Å². The molecule has 6 rings (SSSR count). The molecule has 218 valence electrons. The number of nitrogens with one attached hydrogen (secondary N) is 1. The van der Waals surface area contributed by atoms with E-state index in [9.17, 15) is 22.0 Å². The summed E-state index contributed by atoms with van der Waals surface area (Å²) in [6, 6.07) is 11.1. The summed E-state index contributed by atoms with van der Waals surface area (Å²) in [5.41, 5.74) is 1.75. The number of benzene rings is 3. The molecule has 42 heavy (non-hydrogen) atoms. The molecular formula is C29H24Cl2F2N4O4S. The fraction of sp³-hybridized carbons (Fsp3) is 0.276. The van der Waals surface area contributed by atoms with Gasteiger partial charge in [-0.25, -0.2) is 17.2 Å². The molecule has 2 heterocycles. The summed E-state index contributed by atoms with van der Waals surface area (Å²) in [7, 11) is -3.32. The summed E-state index contributed by atoms with van der Waals surface area (Å²) in [5.74, 6) is -1.51. The average molecular weight is 634 g/mol. The number of aromatic nitrogens is 2. The van der Waals surface area contributed by atoms with E-state index in [4.69, 9.17) is 27.7 Å². The molecule has 8 nitrogen and oxygen atoms in total. The molecule has 1 fully saturated rings. The summed E-state index contributed by atoms with van der Waals surface area (Å²) in [5, 5.41) is 7.43. The van der Waals surface area contributed by atoms with Crippen molar-refractivity contribution in [2.24, 2.45) is 0 Å². The highest BCUT2D eigenvalue weighted by Crippen LogP contribution is 2.57. The predicted molar refractivity (Wildman–Crippen MR) is 155 cm³/mol. The van der Waals surface area contributed by atoms with Gasteiger partial charge in [0.05, 0.1) is 28.2 Å². The van der Waals surface area contributed by atoms with Gasteiger partial charge in [-0.1, -0.05) is 35.3 Å². The molecule has 13 heteroatoms. The first-order valence-corrected chi connectivity index (χ1v) is 15.6. The Kier molecular flexibility index (Phi) is 7.23. The van der Waals surface area contributed by atoms with E-state index in [-0.39, 0.29) is 50.4 Å². The quantitative estimate of drug-likeness (QED) is 0.247. The summed E-state index contributed by atoms with van der Waals surface area (Å²) in [6.07, 6.45) is 1.85. The molecule has 1 amide bonds. The van der Waals surface area contributed by atoms with Gasteiger partial charge in [-0.2, -0.15) is 4.98 Å². The molecule has 4 aromatic rings. The number of rotatable bonds is 8. The van der Waals surface area contributed by atoms with Gasteiger partial charge < -0.3 is 14.7 Å². The molecule has 0 atom stereocenters. The van der Waals surface area contributed by atoms with Crippen LogP contribution in [0, 0.1) is 11.6 Å². The Labute approximate surface area is 250 Å². The molecule has 1 N–H and O–H groups in total. The number of carbonyl (C=O) groups is 1. The number of fused-ring (bicyclic) bond motifs is 1. The molecule has 3 aromatic carbocycles. The van der Waals surface area contributed by atoms with Gasteiger partial charge in [0.1, 0.15) is 11.6 Å². The van der Waals surface area contributed by atoms with Gasteiger partial charge in [-0.05, 0) is 73.4 Å². The van der Waals surface area contributed by atoms with Crippen LogP contribution < -0.4 is 10.2 Å². The Balaban J connectivity index is 1.18. The van der Waals surface area contributed by atoms with Gasteiger partial charge in [0.15, 0.2) is 15.7 Å². The Morgan fingerprint density at radius 1 is 1.10 bits per heavy atom. The number of anilines is 2. The molecule has 0 radical (unpaired) electrons. The average Bonchev–Trinajstić information content (AvgIpc) is 3.39. The van der Waals surface area contributed by atoms with Crippen LogP contribution in [-0.4, -0.2) is 43.3 Å². The van der Waals surface area contributed by atoms with Gasteiger partial charge in [0.25, 0.3) is 5.89 Å². The number of hydrogen-bond acceptors (Lipinski definition) is 7. The van der Waals surface area contributed by atoms with E-state index in [0.29, 0.717) is 37.1 Å². The fourth-order valence-corrected chi connectivity index (χ4v) is 7.13. The second kappa shape index (κ2) is 10.6. The minimum atomic E-state index is -3.32. The highest BCUT2D eigenvalue weighted by molar-refractivity contribution is 7.91. The van der Waals surface area contributed by atoms with Crippen LogP contribution in [0.2, 0.25) is 10.0 Å². The number of hydrogen-bond donors (Lipinski definition) is 1. The Bertz CT molecular complexity index is 1820. The Morgan fingerprint density at radius 3 is 2.52 bits per heavy atom. The number of nitrogens with zero attached hydrogens (tertiary/aromatic N) is 3. The van der Waals surface area contributed by atoms with Crippen molar-refractivity contribution in [3.05, 3.63) is 87.2 Å². The number of sulfone groups is 1. The standard InChI is InChI=1S/C29H24Cl2F2N4O4S/c1-2-42(39,40)19-4-6-24-16(11-19)7-10-37(24)15-25(38)34-18-13-21(30)26(22(31)14-18)29(8-9-29)28-35-27(41-36-28)20-12-17(32)3-5-23(20)33/h3-6,11-14H,2,7-10,15H2,1H3,(H,34,38). The van der Waals surface area contributed by atoms with Crippen molar-refractivity contribution in [1.82, 2.24) is 10.1 Å². The lowest BCUT2D eigenvalue weighted by molar-refractivity contribution is -0.115. The monoisotopic (exact) mass is 632 g/mol. The zero-order valence-electron chi connectivity index (χ0n) is 22.3. The molecule has 0 saturated heterocycles.